The lowest BCUT2D eigenvalue weighted by molar-refractivity contribution is -0.138. The third-order valence-corrected chi connectivity index (χ3v) is 2.67. The molecule has 0 aliphatic carbocycles. The van der Waals surface area contributed by atoms with Gasteiger partial charge in [0.25, 0.3) is 0 Å². The van der Waals surface area contributed by atoms with Crippen LogP contribution in [0.4, 0.5) is 0 Å². The Morgan fingerprint density at radius 3 is 2.07 bits per heavy atom. The number of rotatable bonds is 8. The quantitative estimate of drug-likeness (QED) is 0.660. The Balaban J connectivity index is 4.00. The monoisotopic (exact) mass is 216 g/mol. The van der Waals surface area contributed by atoms with Gasteiger partial charge in [0.1, 0.15) is 0 Å². The fraction of sp³-hybridized carbons (Fsp3) is 0.909. The summed E-state index contributed by atoms with van der Waals surface area (Å²) in [6.45, 7) is 12.3. The van der Waals surface area contributed by atoms with Crippen LogP contribution in [0.15, 0.2) is 0 Å². The van der Waals surface area contributed by atoms with Crippen LogP contribution in [0.1, 0.15) is 27.7 Å². The Hall–Kier alpha value is -0.610. The van der Waals surface area contributed by atoms with Gasteiger partial charge in [-0.15, -0.1) is 0 Å². The maximum absolute atomic E-state index is 10.6. The van der Waals surface area contributed by atoms with Gasteiger partial charge in [-0.3, -0.25) is 9.69 Å². The van der Waals surface area contributed by atoms with E-state index < -0.39 is 5.97 Å². The minimum atomic E-state index is -0.747. The molecule has 0 aromatic heterocycles. The minimum Gasteiger partial charge on any atom is -0.480 e. The third-order valence-electron chi connectivity index (χ3n) is 2.67. The average Bonchev–Trinajstić information content (AvgIpc) is 2.16. The molecular formula is C11H24N2O2. The topological polar surface area (TPSA) is 43.8 Å². The molecule has 0 heterocycles. The van der Waals surface area contributed by atoms with Gasteiger partial charge in [0, 0.05) is 19.1 Å². The summed E-state index contributed by atoms with van der Waals surface area (Å²) in [7, 11) is 0. The van der Waals surface area contributed by atoms with E-state index in [1.165, 1.54) is 0 Å². The molecule has 0 unspecified atom stereocenters. The first-order valence-electron chi connectivity index (χ1n) is 5.69. The first-order chi connectivity index (χ1) is 7.01. The van der Waals surface area contributed by atoms with E-state index in [9.17, 15) is 4.79 Å². The third kappa shape index (κ3) is 6.47. The van der Waals surface area contributed by atoms with Gasteiger partial charge in [0.05, 0.1) is 6.54 Å². The fourth-order valence-electron chi connectivity index (χ4n) is 1.50. The number of aliphatic carboxylic acids is 1. The Morgan fingerprint density at radius 2 is 1.73 bits per heavy atom. The number of hydrogen-bond acceptors (Lipinski definition) is 3. The van der Waals surface area contributed by atoms with Crippen LogP contribution in [0, 0.1) is 0 Å². The van der Waals surface area contributed by atoms with E-state index in [1.54, 1.807) is 0 Å². The zero-order chi connectivity index (χ0) is 11.8. The van der Waals surface area contributed by atoms with E-state index >= 15 is 0 Å². The molecule has 0 radical (unpaired) electrons. The molecule has 0 atom stereocenters. The van der Waals surface area contributed by atoms with Crippen LogP contribution in [0.5, 0.6) is 0 Å². The predicted octanol–water partition coefficient (Wildman–Crippen LogP) is 1.12. The molecule has 15 heavy (non-hydrogen) atoms. The highest BCUT2D eigenvalue weighted by molar-refractivity contribution is 5.69. The number of carboxylic acid groups (broad SMARTS) is 1. The first-order valence-corrected chi connectivity index (χ1v) is 5.69. The van der Waals surface area contributed by atoms with Crippen molar-refractivity contribution in [3.63, 3.8) is 0 Å². The van der Waals surface area contributed by atoms with Crippen molar-refractivity contribution in [2.75, 3.05) is 32.7 Å². The van der Waals surface area contributed by atoms with Crippen molar-refractivity contribution in [1.82, 2.24) is 9.80 Å². The number of carboxylic acids is 1. The van der Waals surface area contributed by atoms with Crippen LogP contribution < -0.4 is 0 Å². The van der Waals surface area contributed by atoms with Crippen molar-refractivity contribution in [3.8, 4) is 0 Å². The van der Waals surface area contributed by atoms with Gasteiger partial charge in [-0.25, -0.2) is 0 Å². The summed E-state index contributed by atoms with van der Waals surface area (Å²) in [6.07, 6.45) is 0. The molecular weight excluding hydrogens is 192 g/mol. The number of nitrogens with zero attached hydrogens (tertiary/aromatic N) is 2. The van der Waals surface area contributed by atoms with Gasteiger partial charge in [-0.2, -0.15) is 0 Å². The lowest BCUT2D eigenvalue weighted by Gasteiger charge is -2.27. The second kappa shape index (κ2) is 7.65. The Bertz CT molecular complexity index is 179. The molecule has 4 nitrogen and oxygen atoms in total. The van der Waals surface area contributed by atoms with Crippen LogP contribution in [0.25, 0.3) is 0 Å². The zero-order valence-corrected chi connectivity index (χ0v) is 10.4. The minimum absolute atomic E-state index is 0.138. The fourth-order valence-corrected chi connectivity index (χ4v) is 1.50. The van der Waals surface area contributed by atoms with Crippen molar-refractivity contribution in [1.29, 1.82) is 0 Å². The van der Waals surface area contributed by atoms with Crippen LogP contribution >= 0.6 is 0 Å². The van der Waals surface area contributed by atoms with Crippen LogP contribution in [-0.2, 0) is 4.79 Å². The normalized spacial score (nSPS) is 11.7. The lowest BCUT2D eigenvalue weighted by Crippen LogP contribution is -2.41. The van der Waals surface area contributed by atoms with E-state index in [1.807, 2.05) is 18.7 Å². The van der Waals surface area contributed by atoms with E-state index in [0.29, 0.717) is 0 Å². The Labute approximate surface area is 92.9 Å². The first kappa shape index (κ1) is 14.4. The second-order valence-corrected chi connectivity index (χ2v) is 3.98. The van der Waals surface area contributed by atoms with E-state index in [2.05, 4.69) is 18.7 Å². The second-order valence-electron chi connectivity index (χ2n) is 3.98. The molecule has 0 aliphatic heterocycles. The van der Waals surface area contributed by atoms with E-state index in [0.717, 1.165) is 26.2 Å². The molecule has 0 aliphatic rings. The number of carbonyl (C=O) groups is 1. The molecule has 0 aromatic carbocycles. The van der Waals surface area contributed by atoms with Gasteiger partial charge in [0.15, 0.2) is 0 Å². The van der Waals surface area contributed by atoms with Crippen LogP contribution in [0.2, 0.25) is 0 Å². The molecule has 0 aromatic rings. The molecule has 0 rings (SSSR count). The molecule has 0 amide bonds. The predicted molar refractivity (Wildman–Crippen MR) is 62.1 cm³/mol. The Kier molecular flexibility index (Phi) is 7.34. The molecule has 90 valence electrons. The van der Waals surface area contributed by atoms with Crippen molar-refractivity contribution in [2.45, 2.75) is 33.7 Å². The average molecular weight is 216 g/mol. The molecule has 0 saturated heterocycles. The standard InChI is InChI=1S/C11H24N2O2/c1-5-12(6-2)7-8-13(10(3)4)9-11(14)15/h10H,5-9H2,1-4H3,(H,14,15). The summed E-state index contributed by atoms with van der Waals surface area (Å²) in [5.74, 6) is -0.747. The van der Waals surface area contributed by atoms with Crippen molar-refractivity contribution in [3.05, 3.63) is 0 Å². The summed E-state index contributed by atoms with van der Waals surface area (Å²) in [4.78, 5) is 14.9. The zero-order valence-electron chi connectivity index (χ0n) is 10.4. The summed E-state index contributed by atoms with van der Waals surface area (Å²) in [5.41, 5.74) is 0. The van der Waals surface area contributed by atoms with Crippen molar-refractivity contribution in [2.24, 2.45) is 0 Å². The van der Waals surface area contributed by atoms with Crippen LogP contribution in [0.3, 0.4) is 0 Å². The smallest absolute Gasteiger partial charge is 0.317 e. The maximum atomic E-state index is 10.6. The van der Waals surface area contributed by atoms with Gasteiger partial charge in [-0.05, 0) is 26.9 Å². The maximum Gasteiger partial charge on any atom is 0.317 e. The molecule has 0 fully saturated rings. The molecule has 0 bridgehead atoms. The van der Waals surface area contributed by atoms with Gasteiger partial charge >= 0.3 is 5.97 Å². The van der Waals surface area contributed by atoms with Gasteiger partial charge in [-0.1, -0.05) is 13.8 Å². The number of hydrogen-bond donors (Lipinski definition) is 1. The molecule has 0 spiro atoms. The largest absolute Gasteiger partial charge is 0.480 e. The number of likely N-dealkylation sites (N-methyl/N-ethyl adjacent to an activating group) is 1. The highest BCUT2D eigenvalue weighted by atomic mass is 16.4. The van der Waals surface area contributed by atoms with E-state index in [4.69, 9.17) is 5.11 Å². The Morgan fingerprint density at radius 1 is 1.20 bits per heavy atom. The summed E-state index contributed by atoms with van der Waals surface area (Å²) in [5, 5.41) is 8.76. The van der Waals surface area contributed by atoms with Crippen molar-refractivity contribution < 1.29 is 9.90 Å². The van der Waals surface area contributed by atoms with Gasteiger partial charge in [0.2, 0.25) is 0 Å². The highest BCUT2D eigenvalue weighted by Gasteiger charge is 2.13. The van der Waals surface area contributed by atoms with E-state index in [-0.39, 0.29) is 12.6 Å². The van der Waals surface area contributed by atoms with Crippen LogP contribution in [-0.4, -0.2) is 59.6 Å². The summed E-state index contributed by atoms with van der Waals surface area (Å²) in [6, 6.07) is 0.289. The molecule has 4 heteroatoms. The SMILES string of the molecule is CCN(CC)CCN(CC(=O)O)C(C)C. The molecule has 0 saturated carbocycles. The summed E-state index contributed by atoms with van der Waals surface area (Å²) < 4.78 is 0. The van der Waals surface area contributed by atoms with Crippen molar-refractivity contribution >= 4 is 5.97 Å². The van der Waals surface area contributed by atoms with Gasteiger partial charge < -0.3 is 10.0 Å². The lowest BCUT2D eigenvalue weighted by atomic mass is 10.3. The highest BCUT2D eigenvalue weighted by Crippen LogP contribution is 1.98. The summed E-state index contributed by atoms with van der Waals surface area (Å²) >= 11 is 0. The molecule has 1 N–H and O–H groups in total.